The summed E-state index contributed by atoms with van der Waals surface area (Å²) < 4.78 is 26.6. The molecule has 22 heavy (non-hydrogen) atoms. The Hall–Kier alpha value is -0.750. The average Bonchev–Trinajstić information content (AvgIpc) is 2.41. The second-order valence-electron chi connectivity index (χ2n) is 6.69. The van der Waals surface area contributed by atoms with Crippen LogP contribution in [0.5, 0.6) is 0 Å². The maximum Gasteiger partial charge on any atom is 0.321 e. The Morgan fingerprint density at radius 1 is 1.05 bits per heavy atom. The fourth-order valence-electron chi connectivity index (χ4n) is 2.64. The van der Waals surface area contributed by atoms with Crippen molar-refractivity contribution in [2.24, 2.45) is 17.4 Å². The molecule has 5 N–H and O–H groups in total. The van der Waals surface area contributed by atoms with Crippen LogP contribution in [0, 0.1) is 5.92 Å². The molecular formula is C16H33F2N3O. The van der Waals surface area contributed by atoms with Crippen molar-refractivity contribution in [3.63, 3.8) is 0 Å². The Morgan fingerprint density at radius 3 is 1.86 bits per heavy atom. The standard InChI is InChI=1S/C16H33F2N3O/c1-13(2)7-4-8-16(9-5-11-19,10-6-12-20)21-14(22)15(3,17)18/h13H,4-12,19-20H2,1-3H3,(H,21,22). The largest absolute Gasteiger partial charge is 0.345 e. The molecule has 132 valence electrons. The van der Waals surface area contributed by atoms with E-state index in [1.165, 1.54) is 0 Å². The van der Waals surface area contributed by atoms with Crippen LogP contribution in [0.1, 0.15) is 65.7 Å². The first-order chi connectivity index (χ1) is 10.2. The van der Waals surface area contributed by atoms with Gasteiger partial charge < -0.3 is 16.8 Å². The lowest BCUT2D eigenvalue weighted by atomic mass is 9.82. The van der Waals surface area contributed by atoms with Gasteiger partial charge in [-0.05, 0) is 51.1 Å². The summed E-state index contributed by atoms with van der Waals surface area (Å²) in [6.45, 7) is 5.84. The van der Waals surface area contributed by atoms with Crippen LogP contribution in [0.3, 0.4) is 0 Å². The highest BCUT2D eigenvalue weighted by atomic mass is 19.3. The van der Waals surface area contributed by atoms with E-state index in [1.54, 1.807) is 0 Å². The van der Waals surface area contributed by atoms with E-state index in [4.69, 9.17) is 11.5 Å². The summed E-state index contributed by atoms with van der Waals surface area (Å²) in [5, 5.41) is 2.61. The molecule has 0 aliphatic heterocycles. The van der Waals surface area contributed by atoms with Crippen molar-refractivity contribution >= 4 is 5.91 Å². The zero-order valence-electron chi connectivity index (χ0n) is 14.3. The molecule has 0 aromatic heterocycles. The van der Waals surface area contributed by atoms with E-state index in [-0.39, 0.29) is 0 Å². The molecule has 0 saturated heterocycles. The third-order valence-corrected chi connectivity index (χ3v) is 3.93. The molecule has 0 rings (SSSR count). The second kappa shape index (κ2) is 10.1. The topological polar surface area (TPSA) is 81.1 Å². The van der Waals surface area contributed by atoms with Gasteiger partial charge in [-0.25, -0.2) is 0 Å². The van der Waals surface area contributed by atoms with Crippen LogP contribution in [0.15, 0.2) is 0 Å². The highest BCUT2D eigenvalue weighted by molar-refractivity contribution is 5.83. The van der Waals surface area contributed by atoms with Crippen molar-refractivity contribution in [1.29, 1.82) is 0 Å². The van der Waals surface area contributed by atoms with Gasteiger partial charge in [-0.15, -0.1) is 0 Å². The molecule has 0 aliphatic rings. The minimum absolute atomic E-state index is 0.479. The number of rotatable bonds is 12. The Labute approximate surface area is 133 Å². The number of carbonyl (C=O) groups is 1. The lowest BCUT2D eigenvalue weighted by Gasteiger charge is -2.36. The molecule has 0 unspecified atom stereocenters. The van der Waals surface area contributed by atoms with E-state index in [0.29, 0.717) is 58.0 Å². The number of alkyl halides is 2. The number of hydrogen-bond donors (Lipinski definition) is 3. The van der Waals surface area contributed by atoms with E-state index in [9.17, 15) is 13.6 Å². The van der Waals surface area contributed by atoms with E-state index >= 15 is 0 Å². The van der Waals surface area contributed by atoms with E-state index < -0.39 is 17.4 Å². The van der Waals surface area contributed by atoms with Crippen LogP contribution >= 0.6 is 0 Å². The average molecular weight is 321 g/mol. The van der Waals surface area contributed by atoms with Gasteiger partial charge in [0.1, 0.15) is 0 Å². The molecule has 1 amide bonds. The van der Waals surface area contributed by atoms with Crippen LogP contribution in [-0.2, 0) is 4.79 Å². The van der Waals surface area contributed by atoms with E-state index in [1.807, 2.05) is 0 Å². The molecule has 0 bridgehead atoms. The fraction of sp³-hybridized carbons (Fsp3) is 0.938. The predicted octanol–water partition coefficient (Wildman–Crippen LogP) is 2.80. The fourth-order valence-corrected chi connectivity index (χ4v) is 2.64. The minimum Gasteiger partial charge on any atom is -0.345 e. The molecular weight excluding hydrogens is 288 g/mol. The molecule has 0 radical (unpaired) electrons. The van der Waals surface area contributed by atoms with Gasteiger partial charge in [0.2, 0.25) is 0 Å². The molecule has 6 heteroatoms. The van der Waals surface area contributed by atoms with Gasteiger partial charge in [-0.2, -0.15) is 8.78 Å². The maximum atomic E-state index is 13.3. The lowest BCUT2D eigenvalue weighted by Crippen LogP contribution is -2.53. The number of amides is 1. The summed E-state index contributed by atoms with van der Waals surface area (Å²) in [6.07, 6.45) is 5.21. The van der Waals surface area contributed by atoms with E-state index in [2.05, 4.69) is 19.2 Å². The first-order valence-electron chi connectivity index (χ1n) is 8.27. The Bertz CT molecular complexity index is 309. The third kappa shape index (κ3) is 8.63. The number of carbonyl (C=O) groups excluding carboxylic acids is 1. The molecule has 0 aromatic carbocycles. The molecule has 0 fully saturated rings. The molecule has 0 saturated carbocycles. The third-order valence-electron chi connectivity index (χ3n) is 3.93. The highest BCUT2D eigenvalue weighted by Gasteiger charge is 2.39. The summed E-state index contributed by atoms with van der Waals surface area (Å²) >= 11 is 0. The van der Waals surface area contributed by atoms with Crippen molar-refractivity contribution in [3.8, 4) is 0 Å². The lowest BCUT2D eigenvalue weighted by molar-refractivity contribution is -0.145. The Balaban J connectivity index is 5.02. The first-order valence-corrected chi connectivity index (χ1v) is 8.27. The highest BCUT2D eigenvalue weighted by Crippen LogP contribution is 2.28. The minimum atomic E-state index is -3.37. The monoisotopic (exact) mass is 321 g/mol. The van der Waals surface area contributed by atoms with Crippen LogP contribution in [0.4, 0.5) is 8.78 Å². The van der Waals surface area contributed by atoms with Crippen molar-refractivity contribution in [2.75, 3.05) is 13.1 Å². The normalized spacial score (nSPS) is 12.7. The Kier molecular flexibility index (Phi) is 9.76. The molecule has 0 aromatic rings. The smallest absolute Gasteiger partial charge is 0.321 e. The first kappa shape index (κ1) is 21.2. The molecule has 0 spiro atoms. The van der Waals surface area contributed by atoms with Crippen molar-refractivity contribution in [2.45, 2.75) is 77.2 Å². The van der Waals surface area contributed by atoms with Crippen molar-refractivity contribution in [1.82, 2.24) is 5.32 Å². The Morgan fingerprint density at radius 2 is 1.50 bits per heavy atom. The number of hydrogen-bond acceptors (Lipinski definition) is 3. The SMILES string of the molecule is CC(C)CCCC(CCCN)(CCCN)NC(=O)C(C)(F)F. The van der Waals surface area contributed by atoms with Gasteiger partial charge >= 0.3 is 5.92 Å². The van der Waals surface area contributed by atoms with Crippen LogP contribution in [0.2, 0.25) is 0 Å². The van der Waals surface area contributed by atoms with Crippen LogP contribution in [0.25, 0.3) is 0 Å². The summed E-state index contributed by atoms with van der Waals surface area (Å²) in [6, 6.07) is 0. The van der Waals surface area contributed by atoms with Gasteiger partial charge in [0, 0.05) is 12.5 Å². The predicted molar refractivity (Wildman–Crippen MR) is 86.8 cm³/mol. The van der Waals surface area contributed by atoms with Crippen LogP contribution in [-0.4, -0.2) is 30.5 Å². The van der Waals surface area contributed by atoms with Gasteiger partial charge in [0.15, 0.2) is 0 Å². The summed E-state index contributed by atoms with van der Waals surface area (Å²) in [5.74, 6) is -4.02. The van der Waals surface area contributed by atoms with Gasteiger partial charge in [0.05, 0.1) is 0 Å². The number of nitrogens with two attached hydrogens (primary N) is 2. The molecule has 0 aliphatic carbocycles. The van der Waals surface area contributed by atoms with Crippen LogP contribution < -0.4 is 16.8 Å². The number of nitrogens with one attached hydrogen (secondary N) is 1. The molecule has 0 heterocycles. The van der Waals surface area contributed by atoms with Gasteiger partial charge in [-0.1, -0.05) is 26.7 Å². The second-order valence-corrected chi connectivity index (χ2v) is 6.69. The van der Waals surface area contributed by atoms with Crippen molar-refractivity contribution < 1.29 is 13.6 Å². The summed E-state index contributed by atoms with van der Waals surface area (Å²) in [5.41, 5.74) is 10.5. The molecule has 0 atom stereocenters. The maximum absolute atomic E-state index is 13.3. The zero-order valence-corrected chi connectivity index (χ0v) is 14.3. The zero-order chi connectivity index (χ0) is 17.2. The summed E-state index contributed by atoms with van der Waals surface area (Å²) in [4.78, 5) is 11.8. The number of halogens is 2. The van der Waals surface area contributed by atoms with Gasteiger partial charge in [0.25, 0.3) is 5.91 Å². The van der Waals surface area contributed by atoms with Crippen molar-refractivity contribution in [3.05, 3.63) is 0 Å². The molecule has 4 nitrogen and oxygen atoms in total. The van der Waals surface area contributed by atoms with Gasteiger partial charge in [-0.3, -0.25) is 4.79 Å². The quantitative estimate of drug-likeness (QED) is 0.517. The summed E-state index contributed by atoms with van der Waals surface area (Å²) in [7, 11) is 0. The van der Waals surface area contributed by atoms with E-state index in [0.717, 1.165) is 12.8 Å².